The molecule has 0 aliphatic carbocycles. The summed E-state index contributed by atoms with van der Waals surface area (Å²) in [5.74, 6) is -0.283. The van der Waals surface area contributed by atoms with Crippen LogP contribution >= 0.6 is 0 Å². The van der Waals surface area contributed by atoms with Gasteiger partial charge < -0.3 is 5.11 Å². The summed E-state index contributed by atoms with van der Waals surface area (Å²) >= 11 is 0. The van der Waals surface area contributed by atoms with E-state index in [9.17, 15) is 9.50 Å². The summed E-state index contributed by atoms with van der Waals surface area (Å²) in [5, 5.41) is 13.9. The average Bonchev–Trinajstić information content (AvgIpc) is 2.64. The number of aryl methyl sites for hydroxylation is 1. The summed E-state index contributed by atoms with van der Waals surface area (Å²) in [6, 6.07) is 8.01. The molecule has 0 aliphatic rings. The highest BCUT2D eigenvalue weighted by molar-refractivity contribution is 5.19. The number of nitrogens with zero attached hydrogens (tertiary/aromatic N) is 2. The van der Waals surface area contributed by atoms with Crippen molar-refractivity contribution in [3.8, 4) is 0 Å². The van der Waals surface area contributed by atoms with Crippen LogP contribution in [0.1, 0.15) is 17.4 Å². The molecule has 1 unspecified atom stereocenters. The van der Waals surface area contributed by atoms with Crippen molar-refractivity contribution in [3.63, 3.8) is 0 Å². The van der Waals surface area contributed by atoms with Crippen molar-refractivity contribution in [2.75, 3.05) is 0 Å². The molecule has 0 bridgehead atoms. The Morgan fingerprint density at radius 3 is 2.88 bits per heavy atom. The van der Waals surface area contributed by atoms with Gasteiger partial charge >= 0.3 is 0 Å². The first-order valence-corrected chi connectivity index (χ1v) is 5.07. The first kappa shape index (κ1) is 10.8. The highest BCUT2D eigenvalue weighted by Gasteiger charge is 2.12. The van der Waals surface area contributed by atoms with Crippen molar-refractivity contribution < 1.29 is 9.50 Å². The molecule has 0 saturated heterocycles. The van der Waals surface area contributed by atoms with Crippen molar-refractivity contribution in [1.82, 2.24) is 9.78 Å². The van der Waals surface area contributed by atoms with E-state index in [1.54, 1.807) is 36.1 Å². The first-order valence-electron chi connectivity index (χ1n) is 5.07. The topological polar surface area (TPSA) is 38.0 Å². The second-order valence-corrected chi connectivity index (χ2v) is 3.73. The van der Waals surface area contributed by atoms with Gasteiger partial charge in [0, 0.05) is 19.7 Å². The van der Waals surface area contributed by atoms with Crippen LogP contribution in [0.25, 0.3) is 0 Å². The lowest BCUT2D eigenvalue weighted by Gasteiger charge is -2.10. The molecule has 2 aromatic rings. The number of hydrogen-bond donors (Lipinski definition) is 1. The number of benzene rings is 1. The summed E-state index contributed by atoms with van der Waals surface area (Å²) in [5.41, 5.74) is 1.50. The van der Waals surface area contributed by atoms with Crippen LogP contribution in [-0.2, 0) is 13.5 Å². The molecule has 3 nitrogen and oxygen atoms in total. The monoisotopic (exact) mass is 220 g/mol. The van der Waals surface area contributed by atoms with Crippen LogP contribution < -0.4 is 0 Å². The zero-order valence-electron chi connectivity index (χ0n) is 8.97. The van der Waals surface area contributed by atoms with Gasteiger partial charge in [0.25, 0.3) is 0 Å². The lowest BCUT2D eigenvalue weighted by Crippen LogP contribution is -2.08. The Morgan fingerprint density at radius 1 is 1.44 bits per heavy atom. The summed E-state index contributed by atoms with van der Waals surface area (Å²) in [7, 11) is 1.77. The molecule has 1 N–H and O–H groups in total. The molecule has 0 aliphatic heterocycles. The maximum absolute atomic E-state index is 12.9. The van der Waals surface area contributed by atoms with E-state index < -0.39 is 6.10 Å². The SMILES string of the molecule is Cn1nccc1C(O)Cc1cccc(F)c1. The summed E-state index contributed by atoms with van der Waals surface area (Å²) in [6.07, 6.45) is 1.36. The minimum Gasteiger partial charge on any atom is -0.386 e. The van der Waals surface area contributed by atoms with Crippen LogP contribution in [0.5, 0.6) is 0 Å². The van der Waals surface area contributed by atoms with Crippen molar-refractivity contribution >= 4 is 0 Å². The fourth-order valence-electron chi connectivity index (χ4n) is 1.70. The third kappa shape index (κ3) is 2.28. The zero-order chi connectivity index (χ0) is 11.5. The van der Waals surface area contributed by atoms with Gasteiger partial charge in [-0.05, 0) is 23.8 Å². The highest BCUT2D eigenvalue weighted by atomic mass is 19.1. The Balaban J connectivity index is 2.14. The molecule has 4 heteroatoms. The minimum atomic E-state index is -0.658. The molecule has 16 heavy (non-hydrogen) atoms. The van der Waals surface area contributed by atoms with Crippen molar-refractivity contribution in [1.29, 1.82) is 0 Å². The Kier molecular flexibility index (Phi) is 3.01. The van der Waals surface area contributed by atoms with E-state index in [2.05, 4.69) is 5.10 Å². The smallest absolute Gasteiger partial charge is 0.123 e. The number of aliphatic hydroxyl groups excluding tert-OH is 1. The molecule has 0 amide bonds. The second-order valence-electron chi connectivity index (χ2n) is 3.73. The van der Waals surface area contributed by atoms with Gasteiger partial charge in [0.05, 0.1) is 11.8 Å². The van der Waals surface area contributed by atoms with E-state index in [1.165, 1.54) is 12.1 Å². The highest BCUT2D eigenvalue weighted by Crippen LogP contribution is 2.17. The van der Waals surface area contributed by atoms with Gasteiger partial charge in [0.15, 0.2) is 0 Å². The Labute approximate surface area is 93.2 Å². The quantitative estimate of drug-likeness (QED) is 0.857. The van der Waals surface area contributed by atoms with Crippen LogP contribution in [0, 0.1) is 5.82 Å². The van der Waals surface area contributed by atoms with E-state index in [-0.39, 0.29) is 5.82 Å². The average molecular weight is 220 g/mol. The molecule has 0 fully saturated rings. The zero-order valence-corrected chi connectivity index (χ0v) is 8.97. The molecule has 0 radical (unpaired) electrons. The molecular weight excluding hydrogens is 207 g/mol. The van der Waals surface area contributed by atoms with E-state index >= 15 is 0 Å². The van der Waals surface area contributed by atoms with Gasteiger partial charge in [0.1, 0.15) is 5.82 Å². The third-order valence-corrected chi connectivity index (χ3v) is 2.52. The van der Waals surface area contributed by atoms with Gasteiger partial charge in [0.2, 0.25) is 0 Å². The molecule has 1 aromatic carbocycles. The van der Waals surface area contributed by atoms with Crippen LogP contribution in [0.4, 0.5) is 4.39 Å². The van der Waals surface area contributed by atoms with Crippen molar-refractivity contribution in [3.05, 3.63) is 53.6 Å². The predicted molar refractivity (Wildman–Crippen MR) is 58.3 cm³/mol. The summed E-state index contributed by atoms with van der Waals surface area (Å²) < 4.78 is 14.6. The van der Waals surface area contributed by atoms with E-state index in [0.29, 0.717) is 6.42 Å². The molecule has 0 spiro atoms. The number of aromatic nitrogens is 2. The number of aliphatic hydroxyl groups is 1. The van der Waals surface area contributed by atoms with Crippen molar-refractivity contribution in [2.24, 2.45) is 7.05 Å². The van der Waals surface area contributed by atoms with Gasteiger partial charge in [-0.3, -0.25) is 4.68 Å². The van der Waals surface area contributed by atoms with Crippen LogP contribution in [-0.4, -0.2) is 14.9 Å². The Bertz CT molecular complexity index is 481. The normalized spacial score (nSPS) is 12.7. The van der Waals surface area contributed by atoms with Crippen LogP contribution in [0.2, 0.25) is 0 Å². The number of hydrogen-bond acceptors (Lipinski definition) is 2. The molecule has 84 valence electrons. The summed E-state index contributed by atoms with van der Waals surface area (Å²) in [6.45, 7) is 0. The van der Waals surface area contributed by atoms with Gasteiger partial charge in [-0.25, -0.2) is 4.39 Å². The lowest BCUT2D eigenvalue weighted by molar-refractivity contribution is 0.168. The molecule has 1 heterocycles. The maximum atomic E-state index is 12.9. The molecular formula is C12H13FN2O. The fourth-order valence-corrected chi connectivity index (χ4v) is 1.70. The fraction of sp³-hybridized carbons (Fsp3) is 0.250. The molecule has 1 aromatic heterocycles. The van der Waals surface area contributed by atoms with Gasteiger partial charge in [-0.1, -0.05) is 12.1 Å². The Hall–Kier alpha value is -1.68. The largest absolute Gasteiger partial charge is 0.386 e. The van der Waals surface area contributed by atoms with Crippen molar-refractivity contribution in [2.45, 2.75) is 12.5 Å². The summed E-state index contributed by atoms with van der Waals surface area (Å²) in [4.78, 5) is 0. The van der Waals surface area contributed by atoms with Crippen LogP contribution in [0.3, 0.4) is 0 Å². The van der Waals surface area contributed by atoms with Crippen LogP contribution in [0.15, 0.2) is 36.5 Å². The molecule has 0 saturated carbocycles. The van der Waals surface area contributed by atoms with Gasteiger partial charge in [-0.15, -0.1) is 0 Å². The third-order valence-electron chi connectivity index (χ3n) is 2.52. The second kappa shape index (κ2) is 4.45. The molecule has 2 rings (SSSR count). The number of rotatable bonds is 3. The molecule has 1 atom stereocenters. The lowest BCUT2D eigenvalue weighted by atomic mass is 10.1. The van der Waals surface area contributed by atoms with E-state index in [0.717, 1.165) is 11.3 Å². The predicted octanol–water partition coefficient (Wildman–Crippen LogP) is 1.84. The first-order chi connectivity index (χ1) is 7.66. The Morgan fingerprint density at radius 2 is 2.25 bits per heavy atom. The van der Waals surface area contributed by atoms with E-state index in [4.69, 9.17) is 0 Å². The maximum Gasteiger partial charge on any atom is 0.123 e. The standard InChI is InChI=1S/C12H13FN2O/c1-15-11(5-6-14-15)12(16)8-9-3-2-4-10(13)7-9/h2-7,12,16H,8H2,1H3. The van der Waals surface area contributed by atoms with Gasteiger partial charge in [-0.2, -0.15) is 5.10 Å². The minimum absolute atomic E-state index is 0.283. The van der Waals surface area contributed by atoms with E-state index in [1.807, 2.05) is 0 Å². The number of halogens is 1.